The van der Waals surface area contributed by atoms with Crippen LogP contribution in [0.25, 0.3) is 0 Å². The van der Waals surface area contributed by atoms with Crippen LogP contribution >= 0.6 is 0 Å². The molecule has 1 atom stereocenters. The molecule has 0 spiro atoms. The van der Waals surface area contributed by atoms with Gasteiger partial charge in [-0.25, -0.2) is 0 Å². The molecule has 2 rings (SSSR count). The molecule has 19 heavy (non-hydrogen) atoms. The highest BCUT2D eigenvalue weighted by Crippen LogP contribution is 2.34. The fraction of sp³-hybridized carbons (Fsp3) is 0.647. The fourth-order valence-corrected chi connectivity index (χ4v) is 2.96. The second-order valence-corrected chi connectivity index (χ2v) is 6.42. The van der Waals surface area contributed by atoms with Crippen molar-refractivity contribution in [3.63, 3.8) is 0 Å². The van der Waals surface area contributed by atoms with Crippen molar-refractivity contribution in [2.75, 3.05) is 13.1 Å². The van der Waals surface area contributed by atoms with Crippen molar-refractivity contribution >= 4 is 0 Å². The lowest BCUT2D eigenvalue weighted by atomic mass is 9.78. The van der Waals surface area contributed by atoms with Crippen LogP contribution in [0.2, 0.25) is 0 Å². The maximum absolute atomic E-state index is 9.31. The van der Waals surface area contributed by atoms with Crippen LogP contribution in [-0.4, -0.2) is 29.1 Å². The molecule has 1 aromatic rings. The van der Waals surface area contributed by atoms with Crippen molar-refractivity contribution in [1.82, 2.24) is 4.90 Å². The number of aromatic hydroxyl groups is 1. The standard InChI is InChI=1S/C17H27NO/c1-4-17(3)9-11-18(12-10-17)14(2)13-15-5-7-16(19)8-6-15/h5-8,14,19H,4,9-13H2,1-3H3. The van der Waals surface area contributed by atoms with Crippen molar-refractivity contribution in [1.29, 1.82) is 0 Å². The molecule has 0 bridgehead atoms. The molecular weight excluding hydrogens is 234 g/mol. The van der Waals surface area contributed by atoms with Gasteiger partial charge in [0.15, 0.2) is 0 Å². The van der Waals surface area contributed by atoms with Gasteiger partial charge in [0.2, 0.25) is 0 Å². The Morgan fingerprint density at radius 1 is 1.21 bits per heavy atom. The van der Waals surface area contributed by atoms with E-state index in [0.717, 1.165) is 6.42 Å². The van der Waals surface area contributed by atoms with Gasteiger partial charge in [-0.2, -0.15) is 0 Å². The number of phenols is 1. The summed E-state index contributed by atoms with van der Waals surface area (Å²) < 4.78 is 0. The van der Waals surface area contributed by atoms with Gasteiger partial charge in [0.25, 0.3) is 0 Å². The van der Waals surface area contributed by atoms with Crippen LogP contribution in [0.4, 0.5) is 0 Å². The Kier molecular flexibility index (Phi) is 4.51. The Hall–Kier alpha value is -1.02. The van der Waals surface area contributed by atoms with E-state index in [2.05, 4.69) is 25.7 Å². The highest BCUT2D eigenvalue weighted by atomic mass is 16.3. The van der Waals surface area contributed by atoms with E-state index in [1.807, 2.05) is 12.1 Å². The van der Waals surface area contributed by atoms with E-state index in [1.165, 1.54) is 37.9 Å². The Morgan fingerprint density at radius 3 is 2.32 bits per heavy atom. The third-order valence-corrected chi connectivity index (χ3v) is 4.95. The van der Waals surface area contributed by atoms with E-state index in [0.29, 0.717) is 17.2 Å². The van der Waals surface area contributed by atoms with Crippen LogP contribution < -0.4 is 0 Å². The third kappa shape index (κ3) is 3.73. The molecule has 1 saturated heterocycles. The summed E-state index contributed by atoms with van der Waals surface area (Å²) in [5, 5.41) is 9.31. The molecule has 1 aliphatic rings. The first-order valence-electron chi connectivity index (χ1n) is 7.54. The Bertz CT molecular complexity index is 390. The molecule has 0 aliphatic carbocycles. The van der Waals surface area contributed by atoms with Gasteiger partial charge in [0, 0.05) is 6.04 Å². The van der Waals surface area contributed by atoms with Gasteiger partial charge < -0.3 is 10.0 Å². The lowest BCUT2D eigenvalue weighted by molar-refractivity contribution is 0.0865. The van der Waals surface area contributed by atoms with Gasteiger partial charge >= 0.3 is 0 Å². The zero-order valence-electron chi connectivity index (χ0n) is 12.5. The molecule has 2 heteroatoms. The molecule has 2 nitrogen and oxygen atoms in total. The van der Waals surface area contributed by atoms with Crippen LogP contribution in [0.15, 0.2) is 24.3 Å². The Labute approximate surface area is 117 Å². The molecule has 1 aromatic carbocycles. The summed E-state index contributed by atoms with van der Waals surface area (Å²) in [4.78, 5) is 2.62. The van der Waals surface area contributed by atoms with Crippen molar-refractivity contribution in [2.24, 2.45) is 5.41 Å². The normalized spacial score (nSPS) is 21.2. The summed E-state index contributed by atoms with van der Waals surface area (Å²) in [6.45, 7) is 9.51. The average molecular weight is 261 g/mol. The van der Waals surface area contributed by atoms with Crippen LogP contribution in [0.1, 0.15) is 45.6 Å². The average Bonchev–Trinajstić information content (AvgIpc) is 2.42. The Balaban J connectivity index is 1.87. The minimum Gasteiger partial charge on any atom is -0.508 e. The minimum absolute atomic E-state index is 0.355. The molecule has 106 valence electrons. The van der Waals surface area contributed by atoms with Gasteiger partial charge in [0.1, 0.15) is 5.75 Å². The van der Waals surface area contributed by atoms with E-state index >= 15 is 0 Å². The monoisotopic (exact) mass is 261 g/mol. The number of rotatable bonds is 4. The smallest absolute Gasteiger partial charge is 0.115 e. The second kappa shape index (κ2) is 5.96. The topological polar surface area (TPSA) is 23.5 Å². The van der Waals surface area contributed by atoms with E-state index in [4.69, 9.17) is 0 Å². The number of piperidine rings is 1. The molecular formula is C17H27NO. The maximum Gasteiger partial charge on any atom is 0.115 e. The number of benzene rings is 1. The molecule has 1 aliphatic heterocycles. The van der Waals surface area contributed by atoms with Crippen LogP contribution in [0.3, 0.4) is 0 Å². The summed E-state index contributed by atoms with van der Waals surface area (Å²) in [6, 6.07) is 8.22. The lowest BCUT2D eigenvalue weighted by Crippen LogP contribution is -2.43. The van der Waals surface area contributed by atoms with Gasteiger partial charge in [-0.1, -0.05) is 32.4 Å². The third-order valence-electron chi connectivity index (χ3n) is 4.95. The second-order valence-electron chi connectivity index (χ2n) is 6.42. The molecule has 1 N–H and O–H groups in total. The predicted octanol–water partition coefficient (Wildman–Crippen LogP) is 3.84. The van der Waals surface area contributed by atoms with Gasteiger partial charge in [-0.15, -0.1) is 0 Å². The first-order valence-corrected chi connectivity index (χ1v) is 7.54. The minimum atomic E-state index is 0.355. The lowest BCUT2D eigenvalue weighted by Gasteiger charge is -2.41. The van der Waals surface area contributed by atoms with Crippen LogP contribution in [0.5, 0.6) is 5.75 Å². The molecule has 1 heterocycles. The van der Waals surface area contributed by atoms with E-state index in [9.17, 15) is 5.11 Å². The van der Waals surface area contributed by atoms with E-state index < -0.39 is 0 Å². The molecule has 0 aromatic heterocycles. The maximum atomic E-state index is 9.31. The molecule has 0 radical (unpaired) electrons. The van der Waals surface area contributed by atoms with Crippen molar-refractivity contribution in [3.8, 4) is 5.75 Å². The first-order chi connectivity index (χ1) is 9.02. The van der Waals surface area contributed by atoms with Gasteiger partial charge in [-0.3, -0.25) is 0 Å². The highest BCUT2D eigenvalue weighted by molar-refractivity contribution is 5.26. The van der Waals surface area contributed by atoms with Gasteiger partial charge in [0.05, 0.1) is 0 Å². The SMILES string of the molecule is CCC1(C)CCN(C(C)Cc2ccc(O)cc2)CC1. The zero-order valence-corrected chi connectivity index (χ0v) is 12.5. The molecule has 1 fully saturated rings. The number of hydrogen-bond donors (Lipinski definition) is 1. The Morgan fingerprint density at radius 2 is 1.79 bits per heavy atom. The molecule has 0 amide bonds. The number of hydrogen-bond acceptors (Lipinski definition) is 2. The summed E-state index contributed by atoms with van der Waals surface area (Å²) in [5.74, 6) is 0.355. The number of phenolic OH excluding ortho intramolecular Hbond substituents is 1. The number of likely N-dealkylation sites (tertiary alicyclic amines) is 1. The molecule has 1 unspecified atom stereocenters. The summed E-state index contributed by atoms with van der Waals surface area (Å²) in [6.07, 6.45) is 5.02. The van der Waals surface area contributed by atoms with Crippen molar-refractivity contribution in [3.05, 3.63) is 29.8 Å². The van der Waals surface area contributed by atoms with Crippen molar-refractivity contribution in [2.45, 2.75) is 52.5 Å². The van der Waals surface area contributed by atoms with Gasteiger partial charge in [-0.05, 0) is 62.4 Å². The number of nitrogens with zero attached hydrogens (tertiary/aromatic N) is 1. The first kappa shape index (κ1) is 14.4. The largest absolute Gasteiger partial charge is 0.508 e. The zero-order chi connectivity index (χ0) is 13.9. The van der Waals surface area contributed by atoms with Crippen molar-refractivity contribution < 1.29 is 5.11 Å². The summed E-state index contributed by atoms with van der Waals surface area (Å²) in [5.41, 5.74) is 1.88. The molecule has 0 saturated carbocycles. The fourth-order valence-electron chi connectivity index (χ4n) is 2.96. The quantitative estimate of drug-likeness (QED) is 0.890. The van der Waals surface area contributed by atoms with E-state index in [1.54, 1.807) is 12.1 Å². The summed E-state index contributed by atoms with van der Waals surface area (Å²) >= 11 is 0. The predicted molar refractivity (Wildman–Crippen MR) is 80.5 cm³/mol. The summed E-state index contributed by atoms with van der Waals surface area (Å²) in [7, 11) is 0. The van der Waals surface area contributed by atoms with Crippen LogP contribution in [-0.2, 0) is 6.42 Å². The van der Waals surface area contributed by atoms with Crippen LogP contribution in [0, 0.1) is 5.41 Å². The highest BCUT2D eigenvalue weighted by Gasteiger charge is 2.29. The van der Waals surface area contributed by atoms with E-state index in [-0.39, 0.29) is 0 Å².